The molecule has 2 aromatic heterocycles. The van der Waals surface area contributed by atoms with Crippen molar-refractivity contribution in [3.63, 3.8) is 0 Å². The van der Waals surface area contributed by atoms with Crippen molar-refractivity contribution in [3.05, 3.63) is 41.2 Å². The van der Waals surface area contributed by atoms with Gasteiger partial charge in [-0.25, -0.2) is 9.97 Å². The van der Waals surface area contributed by atoms with Crippen LogP contribution in [-0.4, -0.2) is 45.7 Å². The fourth-order valence-electron chi connectivity index (χ4n) is 4.73. The van der Waals surface area contributed by atoms with E-state index in [1.54, 1.807) is 0 Å². The van der Waals surface area contributed by atoms with E-state index in [9.17, 15) is 18.0 Å². The molecule has 0 bridgehead atoms. The highest BCUT2D eigenvalue weighted by molar-refractivity contribution is 6.00. The molecule has 1 aliphatic carbocycles. The van der Waals surface area contributed by atoms with Gasteiger partial charge in [0, 0.05) is 29.0 Å². The molecule has 0 saturated heterocycles. The number of fused-ring (bicyclic) bond motifs is 2. The summed E-state index contributed by atoms with van der Waals surface area (Å²) in [5, 5.41) is 8.85. The number of anilines is 1. The number of halogens is 3. The summed E-state index contributed by atoms with van der Waals surface area (Å²) < 4.78 is 37.8. The molecule has 1 aliphatic heterocycles. The van der Waals surface area contributed by atoms with Gasteiger partial charge in [0.25, 0.3) is 5.91 Å². The summed E-state index contributed by atoms with van der Waals surface area (Å²) in [7, 11) is 0. The zero-order chi connectivity index (χ0) is 23.2. The third-order valence-corrected chi connectivity index (χ3v) is 6.34. The van der Waals surface area contributed by atoms with Gasteiger partial charge in [0.2, 0.25) is 0 Å². The molecule has 1 fully saturated rings. The molecule has 4 N–H and O–H groups in total. The first-order chi connectivity index (χ1) is 15.8. The van der Waals surface area contributed by atoms with Crippen LogP contribution in [0.5, 0.6) is 0 Å². The molecule has 33 heavy (non-hydrogen) atoms. The monoisotopic (exact) mass is 458 g/mol. The summed E-state index contributed by atoms with van der Waals surface area (Å²) in [6, 6.07) is 7.40. The van der Waals surface area contributed by atoms with Gasteiger partial charge in [0.15, 0.2) is 0 Å². The average Bonchev–Trinajstić information content (AvgIpc) is 3.34. The van der Waals surface area contributed by atoms with Crippen LogP contribution in [0.4, 0.5) is 19.0 Å². The lowest BCUT2D eigenvalue weighted by molar-refractivity contribution is -0.126. The Kier molecular flexibility index (Phi) is 5.48. The molecule has 0 spiro atoms. The standard InChI is InChI=1S/C23H25F3N6O/c1-12-21(30-14-5-2-4-13(8-14)28-11-23(24,25)26)32-20-15(6-3-7-17(20)29-12)18-9-16-19(31-18)10-27-22(16)33/h3,6-7,9,13-14,28,31H,2,4-5,8,10-11H2,1H3,(H,27,33)(H,30,32). The fraction of sp³-hybridized carbons (Fsp3) is 0.435. The minimum Gasteiger partial charge on any atom is -0.366 e. The van der Waals surface area contributed by atoms with Gasteiger partial charge in [-0.15, -0.1) is 0 Å². The van der Waals surface area contributed by atoms with Gasteiger partial charge in [-0.3, -0.25) is 4.79 Å². The average molecular weight is 458 g/mol. The number of amides is 1. The van der Waals surface area contributed by atoms with Crippen molar-refractivity contribution < 1.29 is 18.0 Å². The third-order valence-electron chi connectivity index (χ3n) is 6.34. The second kappa shape index (κ2) is 8.33. The lowest BCUT2D eigenvalue weighted by Gasteiger charge is -2.31. The summed E-state index contributed by atoms with van der Waals surface area (Å²) in [5.74, 6) is 0.538. The number of aryl methyl sites for hydroxylation is 1. The number of aromatic nitrogens is 3. The zero-order valence-corrected chi connectivity index (χ0v) is 18.1. The van der Waals surface area contributed by atoms with Crippen molar-refractivity contribution in [2.45, 2.75) is 57.4 Å². The number of hydrogen-bond donors (Lipinski definition) is 4. The first kappa shape index (κ1) is 21.7. The van der Waals surface area contributed by atoms with E-state index >= 15 is 0 Å². The van der Waals surface area contributed by atoms with Crippen molar-refractivity contribution in [1.29, 1.82) is 0 Å². The largest absolute Gasteiger partial charge is 0.401 e. The molecule has 2 aliphatic rings. The molecular formula is C23H25F3N6O. The molecule has 5 rings (SSSR count). The van der Waals surface area contributed by atoms with E-state index in [1.807, 2.05) is 31.2 Å². The van der Waals surface area contributed by atoms with Crippen molar-refractivity contribution in [3.8, 4) is 11.3 Å². The summed E-state index contributed by atoms with van der Waals surface area (Å²) >= 11 is 0. The Balaban J connectivity index is 1.40. The van der Waals surface area contributed by atoms with Crippen LogP contribution in [0.1, 0.15) is 47.4 Å². The second-order valence-electron chi connectivity index (χ2n) is 8.79. The predicted octanol–water partition coefficient (Wildman–Crippen LogP) is 4.05. The van der Waals surface area contributed by atoms with E-state index in [1.165, 1.54) is 0 Å². The number of para-hydroxylation sites is 1. The molecular weight excluding hydrogens is 433 g/mol. The number of nitrogens with one attached hydrogen (secondary N) is 4. The summed E-state index contributed by atoms with van der Waals surface area (Å²) in [6.07, 6.45) is -1.19. The molecule has 3 heterocycles. The fourth-order valence-corrected chi connectivity index (χ4v) is 4.73. The first-order valence-electron chi connectivity index (χ1n) is 11.1. The Morgan fingerprint density at radius 1 is 1.15 bits per heavy atom. The zero-order valence-electron chi connectivity index (χ0n) is 18.1. The molecule has 1 saturated carbocycles. The Hall–Kier alpha value is -3.14. The molecule has 10 heteroatoms. The predicted molar refractivity (Wildman–Crippen MR) is 119 cm³/mol. The molecule has 2 unspecified atom stereocenters. The Morgan fingerprint density at radius 3 is 2.76 bits per heavy atom. The van der Waals surface area contributed by atoms with Crippen LogP contribution in [0.25, 0.3) is 22.3 Å². The van der Waals surface area contributed by atoms with Crippen LogP contribution in [0.2, 0.25) is 0 Å². The van der Waals surface area contributed by atoms with Crippen LogP contribution in [0.3, 0.4) is 0 Å². The van der Waals surface area contributed by atoms with Gasteiger partial charge in [-0.2, -0.15) is 13.2 Å². The van der Waals surface area contributed by atoms with Gasteiger partial charge in [0.05, 0.1) is 29.9 Å². The van der Waals surface area contributed by atoms with E-state index in [4.69, 9.17) is 9.97 Å². The SMILES string of the molecule is Cc1nc2cccc(-c3cc4c([nH]3)CNC4=O)c2nc1NC1CCCC(NCC(F)(F)F)C1. The van der Waals surface area contributed by atoms with E-state index < -0.39 is 12.7 Å². The molecule has 2 atom stereocenters. The summed E-state index contributed by atoms with van der Waals surface area (Å²) in [6.45, 7) is 1.37. The topological polar surface area (TPSA) is 94.7 Å². The quantitative estimate of drug-likeness (QED) is 0.463. The van der Waals surface area contributed by atoms with Gasteiger partial charge >= 0.3 is 6.18 Å². The molecule has 0 radical (unpaired) electrons. The number of rotatable bonds is 5. The number of H-pyrrole nitrogens is 1. The van der Waals surface area contributed by atoms with Crippen molar-refractivity contribution in [2.24, 2.45) is 0 Å². The molecule has 1 amide bonds. The highest BCUT2D eigenvalue weighted by atomic mass is 19.4. The normalized spacial score (nSPS) is 20.7. The van der Waals surface area contributed by atoms with Gasteiger partial charge < -0.3 is 20.9 Å². The van der Waals surface area contributed by atoms with Crippen molar-refractivity contribution in [2.75, 3.05) is 11.9 Å². The second-order valence-corrected chi connectivity index (χ2v) is 8.79. The molecule has 1 aromatic carbocycles. The number of hydrogen-bond acceptors (Lipinski definition) is 5. The number of carbonyl (C=O) groups is 1. The number of benzene rings is 1. The molecule has 3 aromatic rings. The maximum absolute atomic E-state index is 12.6. The van der Waals surface area contributed by atoms with Crippen molar-refractivity contribution >= 4 is 22.8 Å². The van der Waals surface area contributed by atoms with Gasteiger partial charge in [0.1, 0.15) is 11.3 Å². The van der Waals surface area contributed by atoms with Gasteiger partial charge in [-0.1, -0.05) is 12.1 Å². The number of carbonyl (C=O) groups excluding carboxylic acids is 1. The van der Waals surface area contributed by atoms with Crippen molar-refractivity contribution in [1.82, 2.24) is 25.6 Å². The molecule has 7 nitrogen and oxygen atoms in total. The maximum Gasteiger partial charge on any atom is 0.401 e. The Morgan fingerprint density at radius 2 is 1.97 bits per heavy atom. The van der Waals surface area contributed by atoms with Crippen LogP contribution in [0.15, 0.2) is 24.3 Å². The maximum atomic E-state index is 12.6. The van der Waals surface area contributed by atoms with Gasteiger partial charge in [-0.05, 0) is 44.7 Å². The van der Waals surface area contributed by atoms with Crippen LogP contribution in [0, 0.1) is 6.92 Å². The number of alkyl halides is 3. The summed E-state index contributed by atoms with van der Waals surface area (Å²) in [5.41, 5.74) is 5.32. The highest BCUT2D eigenvalue weighted by Gasteiger charge is 2.30. The van der Waals surface area contributed by atoms with E-state index in [0.717, 1.165) is 47.4 Å². The Labute approximate surface area is 188 Å². The van der Waals surface area contributed by atoms with E-state index in [-0.39, 0.29) is 18.0 Å². The van der Waals surface area contributed by atoms with Crippen LogP contribution in [-0.2, 0) is 6.54 Å². The van der Waals surface area contributed by atoms with E-state index in [0.29, 0.717) is 29.9 Å². The number of nitrogens with zero attached hydrogens (tertiary/aromatic N) is 2. The number of aromatic amines is 1. The summed E-state index contributed by atoms with van der Waals surface area (Å²) in [4.78, 5) is 24.9. The van der Waals surface area contributed by atoms with E-state index in [2.05, 4.69) is 20.9 Å². The smallest absolute Gasteiger partial charge is 0.366 e. The minimum absolute atomic E-state index is 0.0140. The first-order valence-corrected chi connectivity index (χ1v) is 11.1. The van der Waals surface area contributed by atoms with Crippen LogP contribution >= 0.6 is 0 Å². The highest BCUT2D eigenvalue weighted by Crippen LogP contribution is 2.31. The minimum atomic E-state index is -4.21. The Bertz CT molecular complexity index is 1200. The molecule has 174 valence electrons. The third kappa shape index (κ3) is 4.52. The lowest BCUT2D eigenvalue weighted by atomic mass is 9.91. The van der Waals surface area contributed by atoms with Crippen LogP contribution < -0.4 is 16.0 Å². The lowest BCUT2D eigenvalue weighted by Crippen LogP contribution is -2.42.